The van der Waals surface area contributed by atoms with Gasteiger partial charge in [-0.15, -0.1) is 0 Å². The molecule has 0 unspecified atom stereocenters. The average Bonchev–Trinajstić information content (AvgIpc) is 3.06. The van der Waals surface area contributed by atoms with Crippen LogP contribution in [0.15, 0.2) is 36.5 Å². The number of hydrogen-bond donors (Lipinski definition) is 2. The first-order chi connectivity index (χ1) is 11.8. The standard InChI is InChI=1S/C18H18ClN3O2/c19-15-7-12(9-17-18(15)24-6-5-23-17)3-4-20-10-13-1-2-14-11-21-22-16(14)8-13/h1-2,7-9,11,20H,3-6,10H2,(H,21,22). The quantitative estimate of drug-likeness (QED) is 0.698. The first-order valence-corrected chi connectivity index (χ1v) is 8.38. The van der Waals surface area contributed by atoms with Crippen molar-refractivity contribution in [2.45, 2.75) is 13.0 Å². The number of H-pyrrole nitrogens is 1. The van der Waals surface area contributed by atoms with E-state index in [-0.39, 0.29) is 0 Å². The van der Waals surface area contributed by atoms with Gasteiger partial charge in [0.15, 0.2) is 11.5 Å². The SMILES string of the molecule is Clc1cc(CCNCc2ccc3cn[nH]c3c2)cc2c1OCCO2. The molecule has 1 aromatic heterocycles. The Hall–Kier alpha value is -2.24. The number of aromatic amines is 1. The predicted octanol–water partition coefficient (Wildman–Crippen LogP) is 3.32. The summed E-state index contributed by atoms with van der Waals surface area (Å²) in [4.78, 5) is 0. The fourth-order valence-corrected chi connectivity index (χ4v) is 3.16. The number of fused-ring (bicyclic) bond motifs is 2. The Kier molecular flexibility index (Phi) is 4.28. The topological polar surface area (TPSA) is 59.2 Å². The Bertz CT molecular complexity index is 863. The molecule has 0 fully saturated rings. The summed E-state index contributed by atoms with van der Waals surface area (Å²) in [6.07, 6.45) is 2.71. The molecule has 0 amide bonds. The van der Waals surface area contributed by atoms with Gasteiger partial charge in [-0.25, -0.2) is 0 Å². The van der Waals surface area contributed by atoms with E-state index in [0.717, 1.165) is 41.7 Å². The van der Waals surface area contributed by atoms with Gasteiger partial charge >= 0.3 is 0 Å². The molecule has 1 aliphatic rings. The number of nitrogens with zero attached hydrogens (tertiary/aromatic N) is 1. The van der Waals surface area contributed by atoms with Crippen LogP contribution >= 0.6 is 11.6 Å². The van der Waals surface area contributed by atoms with Crippen LogP contribution in [-0.2, 0) is 13.0 Å². The van der Waals surface area contributed by atoms with Gasteiger partial charge in [-0.3, -0.25) is 5.10 Å². The van der Waals surface area contributed by atoms with Crippen molar-refractivity contribution in [2.75, 3.05) is 19.8 Å². The van der Waals surface area contributed by atoms with Crippen molar-refractivity contribution >= 4 is 22.5 Å². The maximum Gasteiger partial charge on any atom is 0.179 e. The summed E-state index contributed by atoms with van der Waals surface area (Å²) >= 11 is 6.27. The van der Waals surface area contributed by atoms with E-state index in [1.54, 1.807) is 0 Å². The molecule has 2 aromatic carbocycles. The van der Waals surface area contributed by atoms with Crippen molar-refractivity contribution in [2.24, 2.45) is 0 Å². The molecule has 4 rings (SSSR count). The van der Waals surface area contributed by atoms with E-state index in [4.69, 9.17) is 21.1 Å². The number of rotatable bonds is 5. The van der Waals surface area contributed by atoms with Crippen molar-refractivity contribution in [3.05, 3.63) is 52.7 Å². The Morgan fingerprint density at radius 3 is 3.00 bits per heavy atom. The molecule has 6 heteroatoms. The molecule has 0 bridgehead atoms. The lowest BCUT2D eigenvalue weighted by Crippen LogP contribution is -2.18. The molecule has 24 heavy (non-hydrogen) atoms. The van der Waals surface area contributed by atoms with Gasteiger partial charge in [0, 0.05) is 11.9 Å². The van der Waals surface area contributed by atoms with Gasteiger partial charge in [0.25, 0.3) is 0 Å². The molecule has 0 spiro atoms. The van der Waals surface area contributed by atoms with E-state index in [0.29, 0.717) is 24.0 Å². The molecule has 1 aliphatic heterocycles. The second kappa shape index (κ2) is 6.71. The average molecular weight is 344 g/mol. The molecule has 0 aliphatic carbocycles. The normalized spacial score (nSPS) is 13.4. The summed E-state index contributed by atoms with van der Waals surface area (Å²) < 4.78 is 11.2. The zero-order valence-electron chi connectivity index (χ0n) is 13.1. The third-order valence-electron chi connectivity index (χ3n) is 4.08. The Labute approximate surface area is 144 Å². The van der Waals surface area contributed by atoms with Crippen LogP contribution in [0.5, 0.6) is 11.5 Å². The largest absolute Gasteiger partial charge is 0.486 e. The highest BCUT2D eigenvalue weighted by atomic mass is 35.5. The summed E-state index contributed by atoms with van der Waals surface area (Å²) in [5, 5.41) is 12.2. The zero-order chi connectivity index (χ0) is 16.4. The van der Waals surface area contributed by atoms with Crippen molar-refractivity contribution < 1.29 is 9.47 Å². The summed E-state index contributed by atoms with van der Waals surface area (Å²) in [5.41, 5.74) is 3.43. The number of halogens is 1. The molecule has 0 saturated heterocycles. The Morgan fingerprint density at radius 1 is 1.12 bits per heavy atom. The number of hydrogen-bond acceptors (Lipinski definition) is 4. The number of nitrogens with one attached hydrogen (secondary N) is 2. The first-order valence-electron chi connectivity index (χ1n) is 8.00. The molecule has 0 radical (unpaired) electrons. The van der Waals surface area contributed by atoms with Crippen molar-refractivity contribution in [3.8, 4) is 11.5 Å². The predicted molar refractivity (Wildman–Crippen MR) is 93.9 cm³/mol. The Balaban J connectivity index is 1.34. The third-order valence-corrected chi connectivity index (χ3v) is 4.36. The fourth-order valence-electron chi connectivity index (χ4n) is 2.87. The van der Waals surface area contributed by atoms with E-state index < -0.39 is 0 Å². The van der Waals surface area contributed by atoms with Gasteiger partial charge in [0.1, 0.15) is 13.2 Å². The fraction of sp³-hybridized carbons (Fsp3) is 0.278. The summed E-state index contributed by atoms with van der Waals surface area (Å²) in [6, 6.07) is 10.3. The molecular formula is C18H18ClN3O2. The molecular weight excluding hydrogens is 326 g/mol. The molecule has 0 atom stereocenters. The Morgan fingerprint density at radius 2 is 2.04 bits per heavy atom. The van der Waals surface area contributed by atoms with E-state index in [9.17, 15) is 0 Å². The number of benzene rings is 2. The second-order valence-corrected chi connectivity index (χ2v) is 6.23. The van der Waals surface area contributed by atoms with Crippen LogP contribution in [0.1, 0.15) is 11.1 Å². The third kappa shape index (κ3) is 3.18. The van der Waals surface area contributed by atoms with Crippen molar-refractivity contribution in [1.82, 2.24) is 15.5 Å². The van der Waals surface area contributed by atoms with Gasteiger partial charge in [0.2, 0.25) is 0 Å². The van der Waals surface area contributed by atoms with E-state index in [1.807, 2.05) is 18.3 Å². The molecule has 3 aromatic rings. The second-order valence-electron chi connectivity index (χ2n) is 5.82. The smallest absolute Gasteiger partial charge is 0.179 e. The molecule has 2 heterocycles. The lowest BCUT2D eigenvalue weighted by Gasteiger charge is -2.20. The highest BCUT2D eigenvalue weighted by Gasteiger charge is 2.16. The minimum atomic E-state index is 0.550. The highest BCUT2D eigenvalue weighted by Crippen LogP contribution is 2.38. The van der Waals surface area contributed by atoms with Gasteiger partial charge in [-0.1, -0.05) is 23.7 Å². The van der Waals surface area contributed by atoms with Crippen LogP contribution in [0, 0.1) is 0 Å². The van der Waals surface area contributed by atoms with E-state index in [1.165, 1.54) is 5.56 Å². The van der Waals surface area contributed by atoms with Crippen LogP contribution < -0.4 is 14.8 Å². The van der Waals surface area contributed by atoms with Crippen molar-refractivity contribution in [1.29, 1.82) is 0 Å². The minimum Gasteiger partial charge on any atom is -0.486 e. The van der Waals surface area contributed by atoms with Crippen LogP contribution in [0.2, 0.25) is 5.02 Å². The lowest BCUT2D eigenvalue weighted by atomic mass is 10.1. The van der Waals surface area contributed by atoms with Crippen LogP contribution in [0.4, 0.5) is 0 Å². The number of ether oxygens (including phenoxy) is 2. The number of aromatic nitrogens is 2. The summed E-state index contributed by atoms with van der Waals surface area (Å²) in [5.74, 6) is 1.40. The highest BCUT2D eigenvalue weighted by molar-refractivity contribution is 6.32. The summed E-state index contributed by atoms with van der Waals surface area (Å²) in [7, 11) is 0. The molecule has 5 nitrogen and oxygen atoms in total. The van der Waals surface area contributed by atoms with Crippen LogP contribution in [0.3, 0.4) is 0 Å². The van der Waals surface area contributed by atoms with E-state index >= 15 is 0 Å². The minimum absolute atomic E-state index is 0.550. The van der Waals surface area contributed by atoms with Gasteiger partial charge in [0.05, 0.1) is 16.7 Å². The van der Waals surface area contributed by atoms with Gasteiger partial charge in [-0.05, 0) is 42.3 Å². The molecule has 124 valence electrons. The van der Waals surface area contributed by atoms with Gasteiger partial charge < -0.3 is 14.8 Å². The van der Waals surface area contributed by atoms with Crippen molar-refractivity contribution in [3.63, 3.8) is 0 Å². The maximum atomic E-state index is 6.27. The van der Waals surface area contributed by atoms with E-state index in [2.05, 4.69) is 33.7 Å². The first kappa shape index (κ1) is 15.3. The van der Waals surface area contributed by atoms with Gasteiger partial charge in [-0.2, -0.15) is 5.10 Å². The maximum absolute atomic E-state index is 6.27. The molecule has 0 saturated carbocycles. The molecule has 2 N–H and O–H groups in total. The van der Waals surface area contributed by atoms with Crippen LogP contribution in [0.25, 0.3) is 10.9 Å². The zero-order valence-corrected chi connectivity index (χ0v) is 13.9. The lowest BCUT2D eigenvalue weighted by molar-refractivity contribution is 0.171. The monoisotopic (exact) mass is 343 g/mol. The summed E-state index contributed by atoms with van der Waals surface area (Å²) in [6.45, 7) is 2.79. The van der Waals surface area contributed by atoms with Crippen LogP contribution in [-0.4, -0.2) is 30.0 Å².